The normalized spacial score (nSPS) is 20.2. The second kappa shape index (κ2) is 7.46. The summed E-state index contributed by atoms with van der Waals surface area (Å²) >= 11 is 0. The molecule has 1 aliphatic rings. The lowest BCUT2D eigenvalue weighted by molar-refractivity contribution is 0.0762. The monoisotopic (exact) mass is 365 g/mol. The number of fused-ring (bicyclic) bond motifs is 1. The van der Waals surface area contributed by atoms with Crippen molar-refractivity contribution >= 4 is 11.6 Å². The molecule has 1 aromatic carbocycles. The van der Waals surface area contributed by atoms with E-state index in [0.717, 1.165) is 36.7 Å². The first-order valence-electron chi connectivity index (χ1n) is 9.16. The van der Waals surface area contributed by atoms with Crippen LogP contribution in [0.4, 0.5) is 0 Å². The molecule has 3 heterocycles. The zero-order valence-corrected chi connectivity index (χ0v) is 15.5. The van der Waals surface area contributed by atoms with Crippen LogP contribution in [0.25, 0.3) is 17.0 Å². The van der Waals surface area contributed by atoms with E-state index in [0.29, 0.717) is 5.56 Å². The van der Waals surface area contributed by atoms with Crippen molar-refractivity contribution in [1.29, 1.82) is 0 Å². The number of methoxy groups -OCH3 is 1. The summed E-state index contributed by atoms with van der Waals surface area (Å²) in [5.74, 6) is 0.670. The highest BCUT2D eigenvalue weighted by Gasteiger charge is 2.33. The smallest absolute Gasteiger partial charge is 0.251 e. The number of nitrogens with one attached hydrogen (secondary N) is 1. The summed E-state index contributed by atoms with van der Waals surface area (Å²) in [4.78, 5) is 14.9. The van der Waals surface area contributed by atoms with E-state index in [1.165, 1.54) is 0 Å². The van der Waals surface area contributed by atoms with Crippen LogP contribution in [0.15, 0.2) is 48.7 Å². The number of hydrogen-bond donors (Lipinski definition) is 1. The Balaban J connectivity index is 1.50. The third-order valence-electron chi connectivity index (χ3n) is 5.13. The van der Waals surface area contributed by atoms with Gasteiger partial charge in [-0.1, -0.05) is 25.1 Å². The van der Waals surface area contributed by atoms with Gasteiger partial charge in [0.1, 0.15) is 0 Å². The van der Waals surface area contributed by atoms with Gasteiger partial charge in [0.25, 0.3) is 5.91 Å². The summed E-state index contributed by atoms with van der Waals surface area (Å²) in [5.41, 5.74) is 2.33. The third-order valence-corrected chi connectivity index (χ3v) is 5.13. The number of carbonyl (C=O) groups excluding carboxylic acids is 1. The van der Waals surface area contributed by atoms with Crippen molar-refractivity contribution in [2.75, 3.05) is 26.7 Å². The summed E-state index contributed by atoms with van der Waals surface area (Å²) in [5, 5.41) is 11.5. The lowest BCUT2D eigenvalue weighted by Crippen LogP contribution is -2.43. The Morgan fingerprint density at radius 1 is 1.19 bits per heavy atom. The number of pyridine rings is 1. The molecular formula is C20H23N5O2. The predicted molar refractivity (Wildman–Crippen MR) is 103 cm³/mol. The van der Waals surface area contributed by atoms with Crippen molar-refractivity contribution in [2.24, 2.45) is 0 Å². The van der Waals surface area contributed by atoms with Gasteiger partial charge < -0.3 is 10.1 Å². The predicted octanol–water partition coefficient (Wildman–Crippen LogP) is 1.85. The molecule has 1 aliphatic heterocycles. The molecule has 0 unspecified atom stereocenters. The first-order chi connectivity index (χ1) is 13.2. The fourth-order valence-electron chi connectivity index (χ4n) is 3.55. The lowest BCUT2D eigenvalue weighted by atomic mass is 10.1. The number of benzene rings is 1. The second-order valence-electron chi connectivity index (χ2n) is 6.74. The molecule has 1 fully saturated rings. The first kappa shape index (κ1) is 17.6. The number of amides is 1. The minimum absolute atomic E-state index is 0.00238. The summed E-state index contributed by atoms with van der Waals surface area (Å²) in [6, 6.07) is 13.2. The van der Waals surface area contributed by atoms with Crippen molar-refractivity contribution in [2.45, 2.75) is 19.1 Å². The highest BCUT2D eigenvalue weighted by Crippen LogP contribution is 2.19. The molecule has 0 radical (unpaired) electrons. The quantitative estimate of drug-likeness (QED) is 0.747. The zero-order valence-electron chi connectivity index (χ0n) is 15.5. The molecule has 2 aromatic heterocycles. The Labute approximate surface area is 158 Å². The molecule has 3 aromatic rings. The molecule has 0 saturated carbocycles. The number of carbonyl (C=O) groups is 1. The van der Waals surface area contributed by atoms with E-state index in [-0.39, 0.29) is 18.1 Å². The van der Waals surface area contributed by atoms with Gasteiger partial charge in [0, 0.05) is 37.5 Å². The van der Waals surface area contributed by atoms with Gasteiger partial charge in [0.15, 0.2) is 11.5 Å². The van der Waals surface area contributed by atoms with Crippen molar-refractivity contribution in [3.05, 3.63) is 54.2 Å². The molecule has 1 saturated heterocycles. The minimum Gasteiger partial charge on any atom is -0.378 e. The van der Waals surface area contributed by atoms with E-state index in [1.807, 2.05) is 53.1 Å². The van der Waals surface area contributed by atoms with Crippen molar-refractivity contribution in [3.63, 3.8) is 0 Å². The van der Waals surface area contributed by atoms with E-state index in [4.69, 9.17) is 4.74 Å². The molecule has 7 heteroatoms. The largest absolute Gasteiger partial charge is 0.378 e. The van der Waals surface area contributed by atoms with Crippen LogP contribution in [0.1, 0.15) is 17.3 Å². The van der Waals surface area contributed by atoms with Crippen molar-refractivity contribution in [3.8, 4) is 11.4 Å². The second-order valence-corrected chi connectivity index (χ2v) is 6.74. The summed E-state index contributed by atoms with van der Waals surface area (Å²) in [7, 11) is 1.70. The van der Waals surface area contributed by atoms with Crippen molar-refractivity contribution in [1.82, 2.24) is 24.8 Å². The molecular weight excluding hydrogens is 342 g/mol. The number of nitrogens with zero attached hydrogens (tertiary/aromatic N) is 4. The Morgan fingerprint density at radius 2 is 2.00 bits per heavy atom. The van der Waals surface area contributed by atoms with Crippen LogP contribution in [0.5, 0.6) is 0 Å². The number of rotatable bonds is 5. The van der Waals surface area contributed by atoms with Crippen molar-refractivity contribution < 1.29 is 9.53 Å². The molecule has 0 aliphatic carbocycles. The van der Waals surface area contributed by atoms with Gasteiger partial charge >= 0.3 is 0 Å². The molecule has 4 rings (SSSR count). The summed E-state index contributed by atoms with van der Waals surface area (Å²) in [6.45, 7) is 4.72. The molecule has 7 nitrogen and oxygen atoms in total. The van der Waals surface area contributed by atoms with Crippen LogP contribution in [-0.2, 0) is 4.74 Å². The van der Waals surface area contributed by atoms with Crippen LogP contribution in [-0.4, -0.2) is 64.3 Å². The van der Waals surface area contributed by atoms with Crippen LogP contribution < -0.4 is 5.32 Å². The van der Waals surface area contributed by atoms with E-state index in [1.54, 1.807) is 7.11 Å². The van der Waals surface area contributed by atoms with Gasteiger partial charge in [-0.05, 0) is 30.8 Å². The maximum Gasteiger partial charge on any atom is 0.251 e. The highest BCUT2D eigenvalue weighted by atomic mass is 16.5. The lowest BCUT2D eigenvalue weighted by Gasteiger charge is -2.18. The first-order valence-corrected chi connectivity index (χ1v) is 9.16. The van der Waals surface area contributed by atoms with Crippen LogP contribution >= 0.6 is 0 Å². The van der Waals surface area contributed by atoms with E-state index in [9.17, 15) is 4.79 Å². The molecule has 0 bridgehead atoms. The number of likely N-dealkylation sites (N-methyl/N-ethyl adjacent to an activating group) is 1. The van der Waals surface area contributed by atoms with E-state index >= 15 is 0 Å². The minimum atomic E-state index is -0.0855. The van der Waals surface area contributed by atoms with Gasteiger partial charge in [-0.2, -0.15) is 0 Å². The maximum atomic E-state index is 12.6. The van der Waals surface area contributed by atoms with Gasteiger partial charge in [-0.25, -0.2) is 0 Å². The average molecular weight is 365 g/mol. The summed E-state index contributed by atoms with van der Waals surface area (Å²) < 4.78 is 7.45. The van der Waals surface area contributed by atoms with Gasteiger partial charge in [0.2, 0.25) is 0 Å². The van der Waals surface area contributed by atoms with Gasteiger partial charge in [-0.15, -0.1) is 10.2 Å². The third kappa shape index (κ3) is 3.43. The number of ether oxygens (including phenoxy) is 1. The SMILES string of the molecule is CCN1C[C@H](NC(=O)c2ccc(-c3nnc4ccccn34)cc2)[C@@H](OC)C1. The molecule has 2 atom stereocenters. The summed E-state index contributed by atoms with van der Waals surface area (Å²) in [6.07, 6.45) is 1.95. The Bertz CT molecular complexity index is 937. The van der Waals surface area contributed by atoms with Crippen LogP contribution in [0.3, 0.4) is 0 Å². The van der Waals surface area contributed by atoms with Gasteiger partial charge in [0.05, 0.1) is 12.1 Å². The maximum absolute atomic E-state index is 12.6. The molecule has 27 heavy (non-hydrogen) atoms. The number of hydrogen-bond acceptors (Lipinski definition) is 5. The molecule has 1 amide bonds. The van der Waals surface area contributed by atoms with Gasteiger partial charge in [-0.3, -0.25) is 14.1 Å². The average Bonchev–Trinajstić information content (AvgIpc) is 3.31. The Morgan fingerprint density at radius 3 is 2.74 bits per heavy atom. The van der Waals surface area contributed by atoms with Crippen LogP contribution in [0, 0.1) is 0 Å². The molecule has 140 valence electrons. The Hall–Kier alpha value is -2.77. The fourth-order valence-corrected chi connectivity index (χ4v) is 3.55. The Kier molecular flexibility index (Phi) is 4.87. The molecule has 0 spiro atoms. The fraction of sp³-hybridized carbons (Fsp3) is 0.350. The topological polar surface area (TPSA) is 71.8 Å². The number of aromatic nitrogens is 3. The number of likely N-dealkylation sites (tertiary alicyclic amines) is 1. The highest BCUT2D eigenvalue weighted by molar-refractivity contribution is 5.94. The standard InChI is InChI=1S/C20H23N5O2/c1-3-24-12-16(17(13-24)27-2)21-20(26)15-9-7-14(8-10-15)19-23-22-18-6-4-5-11-25(18)19/h4-11,16-17H,3,12-13H2,1-2H3,(H,21,26)/t16-,17-/m0/s1. The zero-order chi connectivity index (χ0) is 18.8. The molecule has 1 N–H and O–H groups in total. The van der Waals surface area contributed by atoms with Crippen LogP contribution in [0.2, 0.25) is 0 Å². The van der Waals surface area contributed by atoms with E-state index in [2.05, 4.69) is 27.3 Å². The van der Waals surface area contributed by atoms with E-state index < -0.39 is 0 Å².